The summed E-state index contributed by atoms with van der Waals surface area (Å²) in [6, 6.07) is 6.47. The van der Waals surface area contributed by atoms with Gasteiger partial charge >= 0.3 is 0 Å². The molecule has 1 aliphatic heterocycles. The Labute approximate surface area is 89.1 Å². The molecule has 0 spiro atoms. The zero-order chi connectivity index (χ0) is 10.7. The molecule has 1 heterocycles. The topological polar surface area (TPSA) is 32.3 Å². The SMILES string of the molecule is OCC1(c2ccc(F)cc2)CCCNC1. The Morgan fingerprint density at radius 2 is 2.07 bits per heavy atom. The Kier molecular flexibility index (Phi) is 3.03. The summed E-state index contributed by atoms with van der Waals surface area (Å²) in [4.78, 5) is 0. The third kappa shape index (κ3) is 2.03. The highest BCUT2D eigenvalue weighted by atomic mass is 19.1. The van der Waals surface area contributed by atoms with Crippen LogP contribution in [0, 0.1) is 5.82 Å². The van der Waals surface area contributed by atoms with Gasteiger partial charge in [-0.3, -0.25) is 0 Å². The van der Waals surface area contributed by atoms with Crippen LogP contribution in [0.3, 0.4) is 0 Å². The van der Waals surface area contributed by atoms with Crippen molar-refractivity contribution >= 4 is 0 Å². The van der Waals surface area contributed by atoms with E-state index in [-0.39, 0.29) is 17.8 Å². The molecule has 2 rings (SSSR count). The second-order valence-corrected chi connectivity index (χ2v) is 4.23. The molecule has 15 heavy (non-hydrogen) atoms. The molecule has 1 atom stereocenters. The van der Waals surface area contributed by atoms with Crippen LogP contribution in [0.4, 0.5) is 4.39 Å². The summed E-state index contributed by atoms with van der Waals surface area (Å²) < 4.78 is 12.8. The fourth-order valence-corrected chi connectivity index (χ4v) is 2.24. The second kappa shape index (κ2) is 4.29. The Morgan fingerprint density at radius 1 is 1.33 bits per heavy atom. The van der Waals surface area contributed by atoms with Crippen LogP contribution in [0.1, 0.15) is 18.4 Å². The molecule has 1 aliphatic rings. The van der Waals surface area contributed by atoms with Crippen molar-refractivity contribution in [3.63, 3.8) is 0 Å². The van der Waals surface area contributed by atoms with Crippen molar-refractivity contribution in [2.24, 2.45) is 0 Å². The maximum atomic E-state index is 12.8. The lowest BCUT2D eigenvalue weighted by molar-refractivity contribution is 0.162. The average molecular weight is 209 g/mol. The molecule has 3 heteroatoms. The normalized spacial score (nSPS) is 26.5. The smallest absolute Gasteiger partial charge is 0.123 e. The van der Waals surface area contributed by atoms with Gasteiger partial charge in [0.1, 0.15) is 5.82 Å². The molecule has 0 bridgehead atoms. The molecule has 82 valence electrons. The van der Waals surface area contributed by atoms with Gasteiger partial charge in [0, 0.05) is 12.0 Å². The van der Waals surface area contributed by atoms with E-state index in [0.29, 0.717) is 0 Å². The fourth-order valence-electron chi connectivity index (χ4n) is 2.24. The van der Waals surface area contributed by atoms with Gasteiger partial charge in [-0.05, 0) is 37.1 Å². The predicted octanol–water partition coefficient (Wildman–Crippen LogP) is 1.44. The Hall–Kier alpha value is -0.930. The summed E-state index contributed by atoms with van der Waals surface area (Å²) in [6.07, 6.45) is 2.01. The van der Waals surface area contributed by atoms with Gasteiger partial charge in [0.2, 0.25) is 0 Å². The van der Waals surface area contributed by atoms with E-state index < -0.39 is 0 Å². The van der Waals surface area contributed by atoms with Crippen LogP contribution in [0.5, 0.6) is 0 Å². The number of nitrogens with one attached hydrogen (secondary N) is 1. The summed E-state index contributed by atoms with van der Waals surface area (Å²) in [6.45, 7) is 1.89. The first-order valence-electron chi connectivity index (χ1n) is 5.34. The number of halogens is 1. The maximum Gasteiger partial charge on any atom is 0.123 e. The van der Waals surface area contributed by atoms with Crippen LogP contribution in [0.25, 0.3) is 0 Å². The third-order valence-corrected chi connectivity index (χ3v) is 3.23. The van der Waals surface area contributed by atoms with Crippen LogP contribution < -0.4 is 5.32 Å². The monoisotopic (exact) mass is 209 g/mol. The largest absolute Gasteiger partial charge is 0.395 e. The number of piperidine rings is 1. The van der Waals surface area contributed by atoms with E-state index in [1.807, 2.05) is 0 Å². The molecule has 1 fully saturated rings. The van der Waals surface area contributed by atoms with Crippen LogP contribution in [-0.4, -0.2) is 24.8 Å². The number of aliphatic hydroxyl groups excluding tert-OH is 1. The highest BCUT2D eigenvalue weighted by Gasteiger charge is 2.33. The number of aliphatic hydroxyl groups is 1. The van der Waals surface area contributed by atoms with Crippen LogP contribution in [0.2, 0.25) is 0 Å². The highest BCUT2D eigenvalue weighted by molar-refractivity contribution is 5.27. The fraction of sp³-hybridized carbons (Fsp3) is 0.500. The Bertz CT molecular complexity index is 317. The molecule has 2 N–H and O–H groups in total. The second-order valence-electron chi connectivity index (χ2n) is 4.23. The Morgan fingerprint density at radius 3 is 2.60 bits per heavy atom. The lowest BCUT2D eigenvalue weighted by Gasteiger charge is -2.36. The standard InChI is InChI=1S/C12H16FNO/c13-11-4-2-10(3-5-11)12(9-15)6-1-7-14-8-12/h2-5,14-15H,1,6-9H2. The van der Waals surface area contributed by atoms with Crippen LogP contribution in [0.15, 0.2) is 24.3 Å². The van der Waals surface area contributed by atoms with Gasteiger partial charge in [0.25, 0.3) is 0 Å². The molecule has 0 radical (unpaired) electrons. The molecular formula is C12H16FNO. The molecular weight excluding hydrogens is 193 g/mol. The maximum absolute atomic E-state index is 12.8. The minimum absolute atomic E-state index is 0.117. The van der Waals surface area contributed by atoms with Crippen LogP contribution in [-0.2, 0) is 5.41 Å². The molecule has 0 amide bonds. The molecule has 0 saturated carbocycles. The molecule has 1 aromatic rings. The van der Waals surface area contributed by atoms with E-state index in [2.05, 4.69) is 5.32 Å². The van der Waals surface area contributed by atoms with Gasteiger partial charge < -0.3 is 10.4 Å². The molecule has 0 aromatic heterocycles. The van der Waals surface area contributed by atoms with Gasteiger partial charge in [-0.2, -0.15) is 0 Å². The predicted molar refractivity (Wildman–Crippen MR) is 57.3 cm³/mol. The summed E-state index contributed by atoms with van der Waals surface area (Å²) in [5.41, 5.74) is 0.810. The first kappa shape index (κ1) is 10.6. The van der Waals surface area contributed by atoms with Gasteiger partial charge in [0.15, 0.2) is 0 Å². The van der Waals surface area contributed by atoms with Crippen molar-refractivity contribution in [1.29, 1.82) is 0 Å². The van der Waals surface area contributed by atoms with Gasteiger partial charge in [-0.25, -0.2) is 4.39 Å². The van der Waals surface area contributed by atoms with Crippen LogP contribution >= 0.6 is 0 Å². The van der Waals surface area contributed by atoms with Crippen molar-refractivity contribution in [2.45, 2.75) is 18.3 Å². The number of hydrogen-bond acceptors (Lipinski definition) is 2. The molecule has 1 aromatic carbocycles. The molecule has 1 saturated heterocycles. The van der Waals surface area contributed by atoms with E-state index >= 15 is 0 Å². The highest BCUT2D eigenvalue weighted by Crippen LogP contribution is 2.30. The van der Waals surface area contributed by atoms with Crippen molar-refractivity contribution < 1.29 is 9.50 Å². The molecule has 1 unspecified atom stereocenters. The van der Waals surface area contributed by atoms with Gasteiger partial charge in [-0.15, -0.1) is 0 Å². The van der Waals surface area contributed by atoms with Gasteiger partial charge in [0.05, 0.1) is 6.61 Å². The lowest BCUT2D eigenvalue weighted by Crippen LogP contribution is -2.45. The van der Waals surface area contributed by atoms with E-state index in [1.165, 1.54) is 12.1 Å². The van der Waals surface area contributed by atoms with Crippen molar-refractivity contribution in [3.05, 3.63) is 35.6 Å². The first-order chi connectivity index (χ1) is 7.27. The lowest BCUT2D eigenvalue weighted by atomic mass is 9.75. The number of rotatable bonds is 2. The minimum atomic E-state index is -0.226. The summed E-state index contributed by atoms with van der Waals surface area (Å²) in [7, 11) is 0. The van der Waals surface area contributed by atoms with Crippen molar-refractivity contribution in [3.8, 4) is 0 Å². The van der Waals surface area contributed by atoms with E-state index in [0.717, 1.165) is 31.5 Å². The van der Waals surface area contributed by atoms with E-state index in [1.54, 1.807) is 12.1 Å². The van der Waals surface area contributed by atoms with Crippen molar-refractivity contribution in [1.82, 2.24) is 5.32 Å². The van der Waals surface area contributed by atoms with Gasteiger partial charge in [-0.1, -0.05) is 12.1 Å². The van der Waals surface area contributed by atoms with E-state index in [9.17, 15) is 9.50 Å². The zero-order valence-corrected chi connectivity index (χ0v) is 8.67. The molecule has 0 aliphatic carbocycles. The van der Waals surface area contributed by atoms with Crippen molar-refractivity contribution in [2.75, 3.05) is 19.7 Å². The zero-order valence-electron chi connectivity index (χ0n) is 8.67. The average Bonchev–Trinajstić information content (AvgIpc) is 2.31. The first-order valence-corrected chi connectivity index (χ1v) is 5.34. The number of hydrogen-bond donors (Lipinski definition) is 2. The van der Waals surface area contributed by atoms with E-state index in [4.69, 9.17) is 0 Å². The quantitative estimate of drug-likeness (QED) is 0.772. The summed E-state index contributed by atoms with van der Waals surface area (Å²) >= 11 is 0. The molecule has 2 nitrogen and oxygen atoms in total. The third-order valence-electron chi connectivity index (χ3n) is 3.23. The summed E-state index contributed by atoms with van der Waals surface area (Å²) in [5.74, 6) is -0.226. The minimum Gasteiger partial charge on any atom is -0.395 e. The number of benzene rings is 1. The summed E-state index contributed by atoms with van der Waals surface area (Å²) in [5, 5.41) is 12.8. The Balaban J connectivity index is 2.28.